The van der Waals surface area contributed by atoms with Crippen molar-refractivity contribution in [1.82, 2.24) is 4.90 Å². The van der Waals surface area contributed by atoms with Gasteiger partial charge in [0.15, 0.2) is 0 Å². The van der Waals surface area contributed by atoms with Crippen molar-refractivity contribution < 1.29 is 9.53 Å². The zero-order valence-electron chi connectivity index (χ0n) is 9.12. The number of rotatable bonds is 2. The normalized spacial score (nSPS) is 36.1. The van der Waals surface area contributed by atoms with Crippen LogP contribution >= 0.6 is 11.6 Å². The fourth-order valence-electron chi connectivity index (χ4n) is 2.51. The van der Waals surface area contributed by atoms with E-state index in [1.807, 2.05) is 11.8 Å². The van der Waals surface area contributed by atoms with Gasteiger partial charge in [-0.15, -0.1) is 11.6 Å². The summed E-state index contributed by atoms with van der Waals surface area (Å²) in [4.78, 5) is 14.1. The lowest BCUT2D eigenvalue weighted by molar-refractivity contribution is -0.135. The lowest BCUT2D eigenvalue weighted by atomic mass is 10.0. The Morgan fingerprint density at radius 3 is 3.00 bits per heavy atom. The molecule has 4 heteroatoms. The van der Waals surface area contributed by atoms with Crippen LogP contribution in [0.2, 0.25) is 0 Å². The molecule has 0 saturated carbocycles. The first kappa shape index (κ1) is 11.2. The summed E-state index contributed by atoms with van der Waals surface area (Å²) >= 11 is 5.86. The van der Waals surface area contributed by atoms with Gasteiger partial charge in [-0.1, -0.05) is 0 Å². The minimum absolute atomic E-state index is 0.0730. The number of nitrogens with zero attached hydrogens (tertiary/aromatic N) is 1. The van der Waals surface area contributed by atoms with Crippen LogP contribution < -0.4 is 0 Å². The molecule has 2 aliphatic rings. The average molecular weight is 232 g/mol. The Kier molecular flexibility index (Phi) is 3.52. The van der Waals surface area contributed by atoms with Crippen molar-refractivity contribution in [1.29, 1.82) is 0 Å². The van der Waals surface area contributed by atoms with Crippen molar-refractivity contribution in [3.8, 4) is 0 Å². The van der Waals surface area contributed by atoms with Crippen LogP contribution in [0, 0.1) is 5.92 Å². The molecule has 2 heterocycles. The number of carbonyl (C=O) groups is 1. The third-order valence-corrected chi connectivity index (χ3v) is 3.74. The molecule has 0 aromatic rings. The smallest absolute Gasteiger partial charge is 0.228 e. The largest absolute Gasteiger partial charge is 0.378 e. The first-order valence-corrected chi connectivity index (χ1v) is 6.24. The van der Waals surface area contributed by atoms with Gasteiger partial charge in [-0.25, -0.2) is 0 Å². The molecule has 0 N–H and O–H groups in total. The first-order valence-electron chi connectivity index (χ1n) is 5.70. The Balaban J connectivity index is 1.95. The second kappa shape index (κ2) is 4.71. The summed E-state index contributed by atoms with van der Waals surface area (Å²) in [5.74, 6) is 0.890. The topological polar surface area (TPSA) is 29.5 Å². The fourth-order valence-corrected chi connectivity index (χ4v) is 2.83. The van der Waals surface area contributed by atoms with Gasteiger partial charge in [0.25, 0.3) is 0 Å². The van der Waals surface area contributed by atoms with E-state index in [1.54, 1.807) is 0 Å². The predicted octanol–water partition coefficient (Wildman–Crippen LogP) is 1.64. The number of hydrogen-bond acceptors (Lipinski definition) is 2. The van der Waals surface area contributed by atoms with Gasteiger partial charge < -0.3 is 9.64 Å². The van der Waals surface area contributed by atoms with Crippen LogP contribution in [0.1, 0.15) is 26.2 Å². The summed E-state index contributed by atoms with van der Waals surface area (Å²) in [6.45, 7) is 3.49. The van der Waals surface area contributed by atoms with E-state index in [0.717, 1.165) is 25.8 Å². The third-order valence-electron chi connectivity index (χ3n) is 3.39. The quantitative estimate of drug-likeness (QED) is 0.677. The Labute approximate surface area is 95.7 Å². The molecular weight excluding hydrogens is 214 g/mol. The van der Waals surface area contributed by atoms with Crippen LogP contribution in [-0.2, 0) is 9.53 Å². The van der Waals surface area contributed by atoms with Gasteiger partial charge >= 0.3 is 0 Å². The summed E-state index contributed by atoms with van der Waals surface area (Å²) in [7, 11) is 0. The molecule has 3 atom stereocenters. The molecule has 3 nitrogen and oxygen atoms in total. The number of hydrogen-bond donors (Lipinski definition) is 0. The summed E-state index contributed by atoms with van der Waals surface area (Å²) in [5.41, 5.74) is 0. The van der Waals surface area contributed by atoms with Gasteiger partial charge in [0.2, 0.25) is 5.91 Å². The number of amides is 1. The summed E-state index contributed by atoms with van der Waals surface area (Å²) in [6.07, 6.45) is 3.24. The minimum Gasteiger partial charge on any atom is -0.378 e. The van der Waals surface area contributed by atoms with Gasteiger partial charge in [0.1, 0.15) is 0 Å². The average Bonchev–Trinajstić information content (AvgIpc) is 2.84. The lowest BCUT2D eigenvalue weighted by Crippen LogP contribution is -2.40. The second-order valence-electron chi connectivity index (χ2n) is 4.56. The SMILES string of the molecule is CC1CC(C(=O)N2CCC[C@H]2CCl)CO1. The Morgan fingerprint density at radius 2 is 2.40 bits per heavy atom. The van der Waals surface area contributed by atoms with Crippen LogP contribution in [-0.4, -0.2) is 42.0 Å². The van der Waals surface area contributed by atoms with Crippen molar-refractivity contribution in [3.05, 3.63) is 0 Å². The second-order valence-corrected chi connectivity index (χ2v) is 4.87. The molecule has 2 fully saturated rings. The summed E-state index contributed by atoms with van der Waals surface area (Å²) in [6, 6.07) is 0.259. The Hall–Kier alpha value is -0.280. The first-order chi connectivity index (χ1) is 7.22. The number of likely N-dealkylation sites (tertiary alicyclic amines) is 1. The molecule has 1 amide bonds. The highest BCUT2D eigenvalue weighted by Gasteiger charge is 2.36. The maximum absolute atomic E-state index is 12.1. The van der Waals surface area contributed by atoms with Crippen molar-refractivity contribution >= 4 is 17.5 Å². The molecule has 2 aliphatic heterocycles. The van der Waals surface area contributed by atoms with E-state index >= 15 is 0 Å². The van der Waals surface area contributed by atoms with E-state index in [2.05, 4.69) is 0 Å². The molecule has 15 heavy (non-hydrogen) atoms. The Morgan fingerprint density at radius 1 is 1.60 bits per heavy atom. The Bertz CT molecular complexity index is 247. The van der Waals surface area contributed by atoms with Crippen molar-refractivity contribution in [2.24, 2.45) is 5.92 Å². The molecule has 86 valence electrons. The molecule has 0 aliphatic carbocycles. The number of ether oxygens (including phenoxy) is 1. The van der Waals surface area contributed by atoms with E-state index in [4.69, 9.17) is 16.3 Å². The monoisotopic (exact) mass is 231 g/mol. The molecular formula is C11H18ClNO2. The molecule has 2 saturated heterocycles. The fraction of sp³-hybridized carbons (Fsp3) is 0.909. The molecule has 2 unspecified atom stereocenters. The van der Waals surface area contributed by atoms with Gasteiger partial charge in [-0.2, -0.15) is 0 Å². The molecule has 2 rings (SSSR count). The lowest BCUT2D eigenvalue weighted by Gasteiger charge is -2.25. The molecule has 0 aromatic carbocycles. The van der Waals surface area contributed by atoms with E-state index in [1.165, 1.54) is 0 Å². The number of alkyl halides is 1. The zero-order valence-corrected chi connectivity index (χ0v) is 9.87. The molecule has 0 aromatic heterocycles. The molecule has 0 bridgehead atoms. The van der Waals surface area contributed by atoms with Crippen molar-refractivity contribution in [2.75, 3.05) is 19.0 Å². The third kappa shape index (κ3) is 2.28. The van der Waals surface area contributed by atoms with Gasteiger partial charge in [-0.3, -0.25) is 4.79 Å². The highest BCUT2D eigenvalue weighted by atomic mass is 35.5. The van der Waals surface area contributed by atoms with Crippen LogP contribution in [0.5, 0.6) is 0 Å². The van der Waals surface area contributed by atoms with Crippen LogP contribution in [0.4, 0.5) is 0 Å². The maximum Gasteiger partial charge on any atom is 0.228 e. The van der Waals surface area contributed by atoms with E-state index in [9.17, 15) is 4.79 Å². The van der Waals surface area contributed by atoms with Crippen LogP contribution in [0.3, 0.4) is 0 Å². The van der Waals surface area contributed by atoms with Gasteiger partial charge in [0.05, 0.1) is 18.6 Å². The molecule has 0 radical (unpaired) electrons. The number of halogens is 1. The van der Waals surface area contributed by atoms with E-state index in [0.29, 0.717) is 12.5 Å². The highest BCUT2D eigenvalue weighted by molar-refractivity contribution is 6.18. The zero-order chi connectivity index (χ0) is 10.8. The van der Waals surface area contributed by atoms with Crippen LogP contribution in [0.15, 0.2) is 0 Å². The minimum atomic E-state index is 0.0730. The standard InChI is InChI=1S/C11H18ClNO2/c1-8-5-9(7-15-8)11(14)13-4-2-3-10(13)6-12/h8-10H,2-7H2,1H3/t8?,9?,10-/m0/s1. The van der Waals surface area contributed by atoms with Gasteiger partial charge in [-0.05, 0) is 26.2 Å². The van der Waals surface area contributed by atoms with Gasteiger partial charge in [0, 0.05) is 18.5 Å². The number of carbonyl (C=O) groups excluding carboxylic acids is 1. The molecule has 0 spiro atoms. The highest BCUT2D eigenvalue weighted by Crippen LogP contribution is 2.26. The summed E-state index contributed by atoms with van der Waals surface area (Å²) < 4.78 is 5.43. The van der Waals surface area contributed by atoms with E-state index < -0.39 is 0 Å². The maximum atomic E-state index is 12.1. The van der Waals surface area contributed by atoms with Crippen LogP contribution in [0.25, 0.3) is 0 Å². The van der Waals surface area contributed by atoms with E-state index in [-0.39, 0.29) is 24.0 Å². The van der Waals surface area contributed by atoms with Crippen molar-refractivity contribution in [2.45, 2.75) is 38.3 Å². The predicted molar refractivity (Wildman–Crippen MR) is 59.0 cm³/mol. The van der Waals surface area contributed by atoms with Crippen molar-refractivity contribution in [3.63, 3.8) is 0 Å². The summed E-state index contributed by atoms with van der Waals surface area (Å²) in [5, 5.41) is 0.